The van der Waals surface area contributed by atoms with Crippen LogP contribution in [0.15, 0.2) is 66.7 Å². The summed E-state index contributed by atoms with van der Waals surface area (Å²) in [5.41, 5.74) is 6.16. The molecule has 0 unspecified atom stereocenters. The third-order valence-corrected chi connectivity index (χ3v) is 13.4. The summed E-state index contributed by atoms with van der Waals surface area (Å²) in [5, 5.41) is 11.0. The van der Waals surface area contributed by atoms with Crippen LogP contribution in [0.5, 0.6) is 17.2 Å². The first-order chi connectivity index (χ1) is 30.3. The Morgan fingerprint density at radius 3 is 2.48 bits per heavy atom. The summed E-state index contributed by atoms with van der Waals surface area (Å²) in [6, 6.07) is 18.4. The summed E-state index contributed by atoms with van der Waals surface area (Å²) in [5.74, 6) is -2.43. The number of fused-ring (bicyclic) bond motifs is 2. The molecule has 1 aromatic heterocycles. The molecular weight excluding hydrogens is 836 g/mol. The van der Waals surface area contributed by atoms with Gasteiger partial charge >= 0.3 is 6.03 Å². The Balaban J connectivity index is 0.851. The first-order valence-electron chi connectivity index (χ1n) is 21.0. The van der Waals surface area contributed by atoms with Crippen LogP contribution in [-0.2, 0) is 22.2 Å². The Labute approximate surface area is 366 Å². The Morgan fingerprint density at radius 2 is 1.78 bits per heavy atom. The molecule has 0 radical (unpaired) electrons. The molecule has 0 bridgehead atoms. The second-order valence-electron chi connectivity index (χ2n) is 16.7. The predicted molar refractivity (Wildman–Crippen MR) is 230 cm³/mol. The number of aryl methyl sites for hydroxylation is 1. The highest BCUT2D eigenvalue weighted by Gasteiger charge is 2.50. The van der Waals surface area contributed by atoms with E-state index in [0.29, 0.717) is 55.9 Å². The van der Waals surface area contributed by atoms with Gasteiger partial charge in [-0.1, -0.05) is 48.9 Å². The number of imide groups is 1. The van der Waals surface area contributed by atoms with Gasteiger partial charge in [0.15, 0.2) is 23.0 Å². The molecule has 4 aromatic carbocycles. The van der Waals surface area contributed by atoms with Gasteiger partial charge in [0.1, 0.15) is 23.4 Å². The van der Waals surface area contributed by atoms with Gasteiger partial charge in [-0.3, -0.25) is 29.3 Å². The number of urea groups is 1. The van der Waals surface area contributed by atoms with Gasteiger partial charge in [-0.05, 0) is 55.5 Å². The van der Waals surface area contributed by atoms with E-state index in [2.05, 4.69) is 15.7 Å². The number of methoxy groups -OCH3 is 1. The quantitative estimate of drug-likeness (QED) is 0.133. The molecule has 3 aliphatic heterocycles. The van der Waals surface area contributed by atoms with Crippen LogP contribution in [-0.4, -0.2) is 83.9 Å². The lowest BCUT2D eigenvalue weighted by Gasteiger charge is -2.41. The van der Waals surface area contributed by atoms with Crippen LogP contribution < -0.4 is 35.5 Å². The molecule has 5 amide bonds. The van der Waals surface area contributed by atoms with Crippen LogP contribution in [0.1, 0.15) is 66.4 Å². The van der Waals surface area contributed by atoms with Gasteiger partial charge in [0.05, 0.1) is 23.2 Å². The minimum Gasteiger partial charge on any atom is -0.494 e. The number of likely N-dealkylation sites (tertiary alicyclic amines) is 1. The fraction of sp³-hybridized carbons (Fsp3) is 0.370. The van der Waals surface area contributed by atoms with E-state index in [9.17, 15) is 19.2 Å². The number of nitrogens with one attached hydrogen (secondary N) is 2. The summed E-state index contributed by atoms with van der Waals surface area (Å²) in [4.78, 5) is 53.8. The average molecular weight is 882 g/mol. The molecule has 17 heteroatoms. The zero-order valence-electron chi connectivity index (χ0n) is 34.9. The molecular formula is C46H46ClF2N7O7. The van der Waals surface area contributed by atoms with E-state index in [1.54, 1.807) is 11.7 Å². The number of nitrogens with two attached hydrogens (primary N) is 1. The molecule has 4 heterocycles. The number of ether oxygens (including phenoxy) is 3. The number of rotatable bonds is 11. The summed E-state index contributed by atoms with van der Waals surface area (Å²) >= 11 is 6.67. The molecule has 3 fully saturated rings. The lowest BCUT2D eigenvalue weighted by atomic mass is 9.77. The third-order valence-electron chi connectivity index (χ3n) is 13.1. The molecule has 4 aliphatic rings. The van der Waals surface area contributed by atoms with Crippen molar-refractivity contribution in [1.82, 2.24) is 25.3 Å². The normalized spacial score (nSPS) is 22.3. The zero-order valence-corrected chi connectivity index (χ0v) is 35.6. The molecule has 5 aromatic rings. The second kappa shape index (κ2) is 16.5. The molecule has 328 valence electrons. The zero-order chi connectivity index (χ0) is 44.3. The molecule has 14 nitrogen and oxygen atoms in total. The molecule has 4 N–H and O–H groups in total. The lowest BCUT2D eigenvalue weighted by molar-refractivity contribution is -0.142. The van der Waals surface area contributed by atoms with E-state index in [4.69, 9.17) is 31.5 Å². The van der Waals surface area contributed by atoms with E-state index in [1.807, 2.05) is 60.4 Å². The number of carbonyl (C=O) groups is 4. The first-order valence-corrected chi connectivity index (χ1v) is 21.4. The molecule has 2 saturated heterocycles. The number of benzene rings is 4. The fourth-order valence-corrected chi connectivity index (χ4v) is 9.80. The van der Waals surface area contributed by atoms with E-state index >= 15 is 8.78 Å². The molecule has 1 saturated carbocycles. The van der Waals surface area contributed by atoms with Gasteiger partial charge in [-0.15, -0.1) is 0 Å². The standard InChI is InChI=1S/C46H46ClF2N7O7/c1-24-37-35(22-32(48)40(47)39(37)38-31(42(50)58)11-12-34(61-3)41(38)49)63-46(24,26-7-5-4-6-8-26)23-51-27-13-16-55(17-14-27)44(59)25-19-29(20-25)62-28-9-10-30-33(21-28)54(2)53-43(30)56-18-15-36(57)52-45(56)60/h4-12,21-22,24-25,27,29,51H,13-20,23H2,1-3H3,(H2,50,58)(H,52,57,60)/t24-,25?,29?,46-/m0/s1. The summed E-state index contributed by atoms with van der Waals surface area (Å²) in [6.07, 6.45) is 2.64. The SMILES string of the molecule is COc1ccc(C(N)=O)c(-c2c(Cl)c(F)cc3c2[C@H](C)[C@@](CNC2CCN(C(=O)C4CC(Oc5ccc6c(N7CCC(=O)NC7=O)nn(C)c6c5)C4)CC2)(c2ccccc2)O3)c1F. The van der Waals surface area contributed by atoms with Gasteiger partial charge < -0.3 is 30.2 Å². The van der Waals surface area contributed by atoms with Crippen molar-refractivity contribution in [1.29, 1.82) is 0 Å². The van der Waals surface area contributed by atoms with Crippen LogP contribution in [0.3, 0.4) is 0 Å². The van der Waals surface area contributed by atoms with Crippen molar-refractivity contribution in [2.75, 3.05) is 38.2 Å². The number of amides is 5. The molecule has 63 heavy (non-hydrogen) atoms. The largest absolute Gasteiger partial charge is 0.494 e. The van der Waals surface area contributed by atoms with Crippen LogP contribution in [0, 0.1) is 17.6 Å². The highest BCUT2D eigenvalue weighted by atomic mass is 35.5. The highest BCUT2D eigenvalue weighted by Crippen LogP contribution is 2.56. The summed E-state index contributed by atoms with van der Waals surface area (Å²) in [7, 11) is 3.07. The first kappa shape index (κ1) is 42.1. The molecule has 2 atom stereocenters. The average Bonchev–Trinajstić information content (AvgIpc) is 3.74. The van der Waals surface area contributed by atoms with Crippen molar-refractivity contribution in [3.63, 3.8) is 0 Å². The Hall–Kier alpha value is -6.26. The maximum absolute atomic E-state index is 16.2. The number of piperidine rings is 1. The van der Waals surface area contributed by atoms with Crippen molar-refractivity contribution in [3.05, 3.63) is 100 Å². The Kier molecular flexibility index (Phi) is 11.0. The van der Waals surface area contributed by atoms with Crippen LogP contribution in [0.2, 0.25) is 5.02 Å². The maximum atomic E-state index is 16.2. The van der Waals surface area contributed by atoms with Crippen molar-refractivity contribution in [2.45, 2.75) is 62.7 Å². The van der Waals surface area contributed by atoms with Gasteiger partial charge in [0, 0.05) is 91.7 Å². The predicted octanol–water partition coefficient (Wildman–Crippen LogP) is 6.56. The van der Waals surface area contributed by atoms with E-state index in [-0.39, 0.29) is 82.6 Å². The number of aromatic nitrogens is 2. The summed E-state index contributed by atoms with van der Waals surface area (Å²) < 4.78 is 51.8. The van der Waals surface area contributed by atoms with Gasteiger partial charge in [-0.2, -0.15) is 5.10 Å². The summed E-state index contributed by atoms with van der Waals surface area (Å²) in [6.45, 7) is 3.57. The lowest BCUT2D eigenvalue weighted by Crippen LogP contribution is -2.53. The van der Waals surface area contributed by atoms with Crippen molar-refractivity contribution < 1.29 is 42.2 Å². The number of nitrogens with zero attached hydrogens (tertiary/aromatic N) is 4. The monoisotopic (exact) mass is 881 g/mol. The molecule has 0 spiro atoms. The van der Waals surface area contributed by atoms with Crippen molar-refractivity contribution in [3.8, 4) is 28.4 Å². The minimum atomic E-state index is -1.10. The van der Waals surface area contributed by atoms with E-state index < -0.39 is 35.1 Å². The maximum Gasteiger partial charge on any atom is 0.329 e. The smallest absolute Gasteiger partial charge is 0.329 e. The number of hydrogen-bond acceptors (Lipinski definition) is 9. The number of halogens is 3. The number of anilines is 1. The van der Waals surface area contributed by atoms with Crippen LogP contribution in [0.25, 0.3) is 22.0 Å². The number of hydrogen-bond donors (Lipinski definition) is 3. The van der Waals surface area contributed by atoms with E-state index in [0.717, 1.165) is 16.5 Å². The third kappa shape index (κ3) is 7.38. The van der Waals surface area contributed by atoms with E-state index in [1.165, 1.54) is 30.2 Å². The number of primary amides is 1. The van der Waals surface area contributed by atoms with Gasteiger partial charge in [-0.25, -0.2) is 13.6 Å². The second-order valence-corrected chi connectivity index (χ2v) is 17.1. The fourth-order valence-electron chi connectivity index (χ4n) is 9.55. The number of carbonyl (C=O) groups excluding carboxylic acids is 4. The Bertz CT molecular complexity index is 2670. The van der Waals surface area contributed by atoms with Gasteiger partial charge in [0.2, 0.25) is 17.7 Å². The van der Waals surface area contributed by atoms with Crippen LogP contribution >= 0.6 is 11.6 Å². The molecule has 9 rings (SSSR count). The minimum absolute atomic E-state index is 0.0221. The highest BCUT2D eigenvalue weighted by molar-refractivity contribution is 6.34. The molecule has 1 aliphatic carbocycles. The van der Waals surface area contributed by atoms with Crippen molar-refractivity contribution in [2.24, 2.45) is 18.7 Å². The Morgan fingerprint density at radius 1 is 1.03 bits per heavy atom. The van der Waals surface area contributed by atoms with Gasteiger partial charge in [0.25, 0.3) is 0 Å². The van der Waals surface area contributed by atoms with Crippen LogP contribution in [0.4, 0.5) is 19.4 Å². The van der Waals surface area contributed by atoms with Crippen molar-refractivity contribution >= 4 is 52.1 Å². The topological polar surface area (TPSA) is 170 Å².